The molecule has 1 aliphatic heterocycles. The molecule has 0 bridgehead atoms. The number of rotatable bonds is 3. The average Bonchev–Trinajstić information content (AvgIpc) is 2.94. The molecule has 0 fully saturated rings. The summed E-state index contributed by atoms with van der Waals surface area (Å²) in [7, 11) is -1.82. The lowest BCUT2D eigenvalue weighted by atomic mass is 10.0. The number of aromatic amines is 1. The maximum Gasteiger partial charge on any atom is 0.263 e. The summed E-state index contributed by atoms with van der Waals surface area (Å²) in [6, 6.07) is 6.97. The van der Waals surface area contributed by atoms with Gasteiger partial charge in [0.25, 0.3) is 10.0 Å². The highest BCUT2D eigenvalue weighted by atomic mass is 32.2. The van der Waals surface area contributed by atoms with E-state index >= 15 is 0 Å². The molecule has 2 aromatic rings. The standard InChI is InChI=1S/C14H15N5O2S/c1-19-6-2-3-10-4-5-12(7-13(10)19)22(20,21)18-14-11(8-15)9-16-17-14/h4-5,7,9H,2-3,6H2,1H3,(H2,16,17,18). The maximum atomic E-state index is 12.5. The number of hydrogen-bond acceptors (Lipinski definition) is 5. The average molecular weight is 317 g/mol. The highest BCUT2D eigenvalue weighted by Gasteiger charge is 2.21. The molecule has 0 saturated heterocycles. The number of nitrogens with one attached hydrogen (secondary N) is 2. The zero-order valence-corrected chi connectivity index (χ0v) is 12.8. The summed E-state index contributed by atoms with van der Waals surface area (Å²) in [4.78, 5) is 2.22. The summed E-state index contributed by atoms with van der Waals surface area (Å²) in [6.07, 6.45) is 3.29. The molecule has 0 amide bonds. The van der Waals surface area contributed by atoms with Crippen LogP contribution in [0, 0.1) is 11.3 Å². The molecular formula is C14H15N5O2S. The highest BCUT2D eigenvalue weighted by molar-refractivity contribution is 7.92. The van der Waals surface area contributed by atoms with Gasteiger partial charge in [-0.25, -0.2) is 8.42 Å². The van der Waals surface area contributed by atoms with Gasteiger partial charge in [-0.1, -0.05) is 6.07 Å². The van der Waals surface area contributed by atoms with Crippen molar-refractivity contribution in [3.63, 3.8) is 0 Å². The Balaban J connectivity index is 1.96. The van der Waals surface area contributed by atoms with Gasteiger partial charge >= 0.3 is 0 Å². The van der Waals surface area contributed by atoms with Crippen molar-refractivity contribution in [3.05, 3.63) is 35.5 Å². The second-order valence-electron chi connectivity index (χ2n) is 5.19. The van der Waals surface area contributed by atoms with Crippen LogP contribution in [0.25, 0.3) is 0 Å². The minimum Gasteiger partial charge on any atom is -0.374 e. The Kier molecular flexibility index (Phi) is 3.50. The zero-order chi connectivity index (χ0) is 15.7. The van der Waals surface area contributed by atoms with Crippen LogP contribution in [0.4, 0.5) is 11.5 Å². The number of nitriles is 1. The quantitative estimate of drug-likeness (QED) is 0.892. The van der Waals surface area contributed by atoms with Gasteiger partial charge in [0.05, 0.1) is 11.1 Å². The summed E-state index contributed by atoms with van der Waals surface area (Å²) < 4.78 is 27.3. The lowest BCUT2D eigenvalue weighted by molar-refractivity contribution is 0.600. The van der Waals surface area contributed by atoms with Gasteiger partial charge in [0.2, 0.25) is 0 Å². The molecule has 0 radical (unpaired) electrons. The molecule has 114 valence electrons. The second kappa shape index (κ2) is 5.35. The third kappa shape index (κ3) is 2.51. The summed E-state index contributed by atoms with van der Waals surface area (Å²) >= 11 is 0. The predicted octanol–water partition coefficient (Wildman–Crippen LogP) is 1.46. The molecule has 1 aliphatic rings. The van der Waals surface area contributed by atoms with Crippen LogP contribution < -0.4 is 9.62 Å². The minimum absolute atomic E-state index is 0.0774. The number of anilines is 2. The number of hydrogen-bond donors (Lipinski definition) is 2. The number of H-pyrrole nitrogens is 1. The first-order valence-electron chi connectivity index (χ1n) is 6.81. The fraction of sp³-hybridized carbons (Fsp3) is 0.286. The predicted molar refractivity (Wildman–Crippen MR) is 82.1 cm³/mol. The van der Waals surface area contributed by atoms with Crippen molar-refractivity contribution < 1.29 is 8.42 Å². The molecule has 0 atom stereocenters. The molecule has 0 aliphatic carbocycles. The molecule has 8 heteroatoms. The summed E-state index contributed by atoms with van der Waals surface area (Å²) in [6.45, 7) is 0.906. The van der Waals surface area contributed by atoms with E-state index in [2.05, 4.69) is 19.8 Å². The molecule has 0 unspecified atom stereocenters. The number of aromatic nitrogens is 2. The molecule has 3 rings (SSSR count). The fourth-order valence-electron chi connectivity index (χ4n) is 2.55. The van der Waals surface area contributed by atoms with Crippen molar-refractivity contribution in [2.24, 2.45) is 0 Å². The highest BCUT2D eigenvalue weighted by Crippen LogP contribution is 2.29. The van der Waals surface area contributed by atoms with Crippen LogP contribution >= 0.6 is 0 Å². The Hall–Kier alpha value is -2.53. The third-order valence-electron chi connectivity index (χ3n) is 3.71. The van der Waals surface area contributed by atoms with E-state index in [9.17, 15) is 8.42 Å². The van der Waals surface area contributed by atoms with E-state index in [0.717, 1.165) is 30.6 Å². The van der Waals surface area contributed by atoms with Crippen LogP contribution in [0.2, 0.25) is 0 Å². The van der Waals surface area contributed by atoms with E-state index in [-0.39, 0.29) is 16.3 Å². The van der Waals surface area contributed by atoms with Crippen molar-refractivity contribution in [1.82, 2.24) is 10.2 Å². The van der Waals surface area contributed by atoms with E-state index in [1.165, 1.54) is 6.20 Å². The second-order valence-corrected chi connectivity index (χ2v) is 6.87. The number of sulfonamides is 1. The van der Waals surface area contributed by atoms with Gasteiger partial charge in [0, 0.05) is 19.3 Å². The Morgan fingerprint density at radius 2 is 2.27 bits per heavy atom. The van der Waals surface area contributed by atoms with E-state index in [1.54, 1.807) is 12.1 Å². The molecule has 2 N–H and O–H groups in total. The van der Waals surface area contributed by atoms with Crippen LogP contribution in [0.15, 0.2) is 29.3 Å². The molecular weight excluding hydrogens is 302 g/mol. The monoisotopic (exact) mass is 317 g/mol. The third-order valence-corrected chi connectivity index (χ3v) is 5.06. The van der Waals surface area contributed by atoms with Crippen LogP contribution in [-0.4, -0.2) is 32.2 Å². The Morgan fingerprint density at radius 3 is 3.05 bits per heavy atom. The van der Waals surface area contributed by atoms with Gasteiger partial charge in [0.1, 0.15) is 11.6 Å². The first-order chi connectivity index (χ1) is 10.5. The molecule has 7 nitrogen and oxygen atoms in total. The molecule has 2 heterocycles. The van der Waals surface area contributed by atoms with Crippen molar-refractivity contribution in [3.8, 4) is 6.07 Å². The molecule has 0 spiro atoms. The Labute approximate surface area is 128 Å². The Bertz CT molecular complexity index is 850. The number of benzene rings is 1. The summed E-state index contributed by atoms with van der Waals surface area (Å²) in [5.41, 5.74) is 2.23. The topological polar surface area (TPSA) is 102 Å². The Morgan fingerprint density at radius 1 is 1.45 bits per heavy atom. The molecule has 1 aromatic carbocycles. The van der Waals surface area contributed by atoms with E-state index in [4.69, 9.17) is 5.26 Å². The van der Waals surface area contributed by atoms with Crippen LogP contribution in [0.3, 0.4) is 0 Å². The molecule has 0 saturated carbocycles. The van der Waals surface area contributed by atoms with E-state index < -0.39 is 10.0 Å². The van der Waals surface area contributed by atoms with Crippen LogP contribution in [-0.2, 0) is 16.4 Å². The summed E-state index contributed by atoms with van der Waals surface area (Å²) in [5.74, 6) is 0.0774. The van der Waals surface area contributed by atoms with Crippen molar-refractivity contribution in [2.45, 2.75) is 17.7 Å². The molecule has 1 aromatic heterocycles. The zero-order valence-electron chi connectivity index (χ0n) is 12.0. The smallest absolute Gasteiger partial charge is 0.263 e. The van der Waals surface area contributed by atoms with Crippen LogP contribution in [0.5, 0.6) is 0 Å². The number of fused-ring (bicyclic) bond motifs is 1. The van der Waals surface area contributed by atoms with Crippen LogP contribution in [0.1, 0.15) is 17.5 Å². The SMILES string of the molecule is CN1CCCc2ccc(S(=O)(=O)Nc3[nH]ncc3C#N)cc21. The number of aryl methyl sites for hydroxylation is 1. The summed E-state index contributed by atoms with van der Waals surface area (Å²) in [5, 5.41) is 15.1. The van der Waals surface area contributed by atoms with Gasteiger partial charge in [-0.2, -0.15) is 10.4 Å². The van der Waals surface area contributed by atoms with Gasteiger partial charge < -0.3 is 4.90 Å². The lowest BCUT2D eigenvalue weighted by Crippen LogP contribution is -2.25. The van der Waals surface area contributed by atoms with Gasteiger partial charge in [-0.3, -0.25) is 9.82 Å². The van der Waals surface area contributed by atoms with Gasteiger partial charge in [-0.15, -0.1) is 0 Å². The normalized spacial score (nSPS) is 14.3. The van der Waals surface area contributed by atoms with E-state index in [1.807, 2.05) is 19.2 Å². The largest absolute Gasteiger partial charge is 0.374 e. The van der Waals surface area contributed by atoms with Crippen molar-refractivity contribution in [1.29, 1.82) is 5.26 Å². The number of nitrogens with zero attached hydrogens (tertiary/aromatic N) is 3. The van der Waals surface area contributed by atoms with Gasteiger partial charge in [-0.05, 0) is 30.5 Å². The molecule has 22 heavy (non-hydrogen) atoms. The fourth-order valence-corrected chi connectivity index (χ4v) is 3.60. The van der Waals surface area contributed by atoms with Gasteiger partial charge in [0.15, 0.2) is 5.82 Å². The lowest BCUT2D eigenvalue weighted by Gasteiger charge is -2.27. The first-order valence-corrected chi connectivity index (χ1v) is 8.30. The maximum absolute atomic E-state index is 12.5. The van der Waals surface area contributed by atoms with Crippen molar-refractivity contribution >= 4 is 21.5 Å². The van der Waals surface area contributed by atoms with Crippen molar-refractivity contribution in [2.75, 3.05) is 23.2 Å². The minimum atomic E-state index is -3.77. The van der Waals surface area contributed by atoms with E-state index in [0.29, 0.717) is 0 Å². The first kappa shape index (κ1) is 14.4.